The summed E-state index contributed by atoms with van der Waals surface area (Å²) >= 11 is 0. The lowest BCUT2D eigenvalue weighted by Gasteiger charge is -2.25. The molecule has 150 valence electrons. The molecule has 0 aliphatic carbocycles. The van der Waals surface area contributed by atoms with Gasteiger partial charge in [0.2, 0.25) is 17.8 Å². The van der Waals surface area contributed by atoms with Crippen molar-refractivity contribution in [3.05, 3.63) is 54.1 Å². The predicted molar refractivity (Wildman–Crippen MR) is 115 cm³/mol. The highest BCUT2D eigenvalue weighted by Gasteiger charge is 2.27. The van der Waals surface area contributed by atoms with Crippen molar-refractivity contribution in [3.8, 4) is 0 Å². The first-order chi connectivity index (χ1) is 13.8. The smallest absolute Gasteiger partial charge is 0.227 e. The lowest BCUT2D eigenvalue weighted by molar-refractivity contribution is -0.121. The van der Waals surface area contributed by atoms with Crippen LogP contribution in [0.1, 0.15) is 39.2 Å². The molecule has 1 aliphatic heterocycles. The Hall–Kier alpha value is -3.15. The molecule has 1 atom stereocenters. The maximum atomic E-state index is 12.7. The summed E-state index contributed by atoms with van der Waals surface area (Å²) < 4.78 is 2.05. The maximum absolute atomic E-state index is 12.7. The number of hydrogen-bond donors (Lipinski definition) is 2. The summed E-state index contributed by atoms with van der Waals surface area (Å²) in [6.45, 7) is 6.25. The first-order valence-corrected chi connectivity index (χ1v) is 9.99. The first-order valence-electron chi connectivity index (χ1n) is 9.99. The van der Waals surface area contributed by atoms with Crippen molar-refractivity contribution in [2.24, 2.45) is 5.92 Å². The van der Waals surface area contributed by atoms with E-state index in [1.54, 1.807) is 0 Å². The third-order valence-electron chi connectivity index (χ3n) is 5.32. The maximum Gasteiger partial charge on any atom is 0.227 e. The zero-order valence-corrected chi connectivity index (χ0v) is 17.0. The highest BCUT2D eigenvalue weighted by Crippen LogP contribution is 2.29. The molecule has 0 saturated heterocycles. The average Bonchev–Trinajstić information content (AvgIpc) is 3.04. The second-order valence-corrected chi connectivity index (χ2v) is 8.56. The topological polar surface area (TPSA) is 76.0 Å². The second kappa shape index (κ2) is 7.35. The number of carbonyl (C=O) groups is 2. The first kappa shape index (κ1) is 19.2. The Morgan fingerprint density at radius 2 is 1.90 bits per heavy atom. The van der Waals surface area contributed by atoms with E-state index in [1.165, 1.54) is 0 Å². The molecule has 0 bridgehead atoms. The van der Waals surface area contributed by atoms with E-state index in [1.807, 2.05) is 53.1 Å². The van der Waals surface area contributed by atoms with Crippen LogP contribution in [0.4, 0.5) is 11.6 Å². The lowest BCUT2D eigenvalue weighted by Crippen LogP contribution is -2.31. The molecule has 6 nitrogen and oxygen atoms in total. The molecule has 2 amide bonds. The van der Waals surface area contributed by atoms with E-state index in [9.17, 15) is 9.59 Å². The van der Waals surface area contributed by atoms with Gasteiger partial charge in [0.1, 0.15) is 0 Å². The number of fused-ring (bicyclic) bond motifs is 2. The van der Waals surface area contributed by atoms with Crippen LogP contribution in [0.5, 0.6) is 0 Å². The van der Waals surface area contributed by atoms with Crippen molar-refractivity contribution in [2.45, 2.75) is 45.6 Å². The summed E-state index contributed by atoms with van der Waals surface area (Å²) in [7, 11) is 0. The Kier molecular flexibility index (Phi) is 4.86. The molecule has 1 aliphatic rings. The van der Waals surface area contributed by atoms with Crippen LogP contribution in [-0.2, 0) is 21.5 Å². The van der Waals surface area contributed by atoms with Crippen LogP contribution < -0.4 is 10.6 Å². The van der Waals surface area contributed by atoms with Gasteiger partial charge in [0.05, 0.1) is 11.0 Å². The number of carbonyl (C=O) groups excluding carboxylic acids is 2. The zero-order valence-electron chi connectivity index (χ0n) is 17.0. The van der Waals surface area contributed by atoms with E-state index in [0.717, 1.165) is 22.3 Å². The van der Waals surface area contributed by atoms with Crippen LogP contribution in [-0.4, -0.2) is 21.4 Å². The van der Waals surface area contributed by atoms with E-state index >= 15 is 0 Å². The Bertz CT molecular complexity index is 1080. The number of benzene rings is 2. The highest BCUT2D eigenvalue weighted by atomic mass is 16.2. The van der Waals surface area contributed by atoms with E-state index in [0.29, 0.717) is 18.8 Å². The Morgan fingerprint density at radius 1 is 1.17 bits per heavy atom. The zero-order chi connectivity index (χ0) is 20.6. The number of amides is 2. The van der Waals surface area contributed by atoms with Gasteiger partial charge in [-0.05, 0) is 57.4 Å². The standard InChI is InChI=1S/C23H26N4O2/c1-23(2,3)27-19-11-7-6-10-18(19)25-22(27)26-20(28)13-12-16-14-15-8-4-5-9-17(15)24-21(16)29/h4-11,16H,12-14H2,1-3H3,(H,24,29)(H,25,26,28). The minimum atomic E-state index is -0.230. The van der Waals surface area contributed by atoms with E-state index in [4.69, 9.17) is 0 Å². The molecule has 2 N–H and O–H groups in total. The summed E-state index contributed by atoms with van der Waals surface area (Å²) in [5.74, 6) is 0.204. The molecule has 2 aromatic carbocycles. The molecule has 0 radical (unpaired) electrons. The number of imidazole rings is 1. The van der Waals surface area contributed by atoms with Crippen LogP contribution in [0.2, 0.25) is 0 Å². The minimum Gasteiger partial charge on any atom is -0.326 e. The lowest BCUT2D eigenvalue weighted by atomic mass is 9.89. The summed E-state index contributed by atoms with van der Waals surface area (Å²) in [5.41, 5.74) is 3.59. The Balaban J connectivity index is 1.46. The SMILES string of the molecule is CC(C)(C)n1c(NC(=O)CCC2Cc3ccccc3NC2=O)nc2ccccc21. The molecular weight excluding hydrogens is 364 g/mol. The largest absolute Gasteiger partial charge is 0.326 e. The van der Waals surface area contributed by atoms with Gasteiger partial charge in [0.25, 0.3) is 0 Å². The molecule has 0 fully saturated rings. The van der Waals surface area contributed by atoms with E-state index < -0.39 is 0 Å². The summed E-state index contributed by atoms with van der Waals surface area (Å²) in [4.78, 5) is 29.6. The number of nitrogens with zero attached hydrogens (tertiary/aromatic N) is 2. The van der Waals surface area contributed by atoms with Gasteiger partial charge in [-0.3, -0.25) is 14.9 Å². The van der Waals surface area contributed by atoms with Crippen molar-refractivity contribution >= 4 is 34.5 Å². The molecule has 1 aromatic heterocycles. The molecule has 0 saturated carbocycles. The number of rotatable bonds is 4. The van der Waals surface area contributed by atoms with E-state index in [-0.39, 0.29) is 29.7 Å². The van der Waals surface area contributed by atoms with Crippen LogP contribution in [0.3, 0.4) is 0 Å². The Morgan fingerprint density at radius 3 is 2.69 bits per heavy atom. The molecule has 3 aromatic rings. The predicted octanol–water partition coefficient (Wildman–Crippen LogP) is 4.32. The Labute approximate surface area is 170 Å². The fraction of sp³-hybridized carbons (Fsp3) is 0.348. The van der Waals surface area contributed by atoms with Gasteiger partial charge in [0, 0.05) is 23.6 Å². The van der Waals surface area contributed by atoms with Gasteiger partial charge in [-0.15, -0.1) is 0 Å². The van der Waals surface area contributed by atoms with Gasteiger partial charge < -0.3 is 9.88 Å². The van der Waals surface area contributed by atoms with Crippen molar-refractivity contribution in [2.75, 3.05) is 10.6 Å². The third-order valence-corrected chi connectivity index (χ3v) is 5.32. The van der Waals surface area contributed by atoms with Crippen molar-refractivity contribution in [3.63, 3.8) is 0 Å². The number of hydrogen-bond acceptors (Lipinski definition) is 3. The summed E-state index contributed by atoms with van der Waals surface area (Å²) in [5, 5.41) is 5.90. The number of nitrogens with one attached hydrogen (secondary N) is 2. The number of para-hydroxylation sites is 3. The molecular formula is C23H26N4O2. The fourth-order valence-corrected chi connectivity index (χ4v) is 3.93. The van der Waals surface area contributed by atoms with Crippen molar-refractivity contribution in [1.82, 2.24) is 9.55 Å². The fourth-order valence-electron chi connectivity index (χ4n) is 3.93. The summed E-state index contributed by atoms with van der Waals surface area (Å²) in [6, 6.07) is 15.7. The van der Waals surface area contributed by atoms with Crippen LogP contribution in [0.25, 0.3) is 11.0 Å². The molecule has 1 unspecified atom stereocenters. The summed E-state index contributed by atoms with van der Waals surface area (Å²) in [6.07, 6.45) is 1.44. The number of anilines is 2. The quantitative estimate of drug-likeness (QED) is 0.696. The molecule has 6 heteroatoms. The van der Waals surface area contributed by atoms with Crippen molar-refractivity contribution < 1.29 is 9.59 Å². The third kappa shape index (κ3) is 3.88. The van der Waals surface area contributed by atoms with Gasteiger partial charge in [-0.1, -0.05) is 30.3 Å². The molecule has 29 heavy (non-hydrogen) atoms. The monoisotopic (exact) mass is 390 g/mol. The van der Waals surface area contributed by atoms with Crippen molar-refractivity contribution in [1.29, 1.82) is 0 Å². The highest BCUT2D eigenvalue weighted by molar-refractivity contribution is 5.96. The van der Waals surface area contributed by atoms with Crippen LogP contribution in [0.15, 0.2) is 48.5 Å². The molecule has 4 rings (SSSR count). The molecule has 0 spiro atoms. The molecule has 2 heterocycles. The van der Waals surface area contributed by atoms with Crippen LogP contribution in [0, 0.1) is 5.92 Å². The van der Waals surface area contributed by atoms with E-state index in [2.05, 4.69) is 36.4 Å². The number of aromatic nitrogens is 2. The van der Waals surface area contributed by atoms with Crippen LogP contribution >= 0.6 is 0 Å². The normalized spacial score (nSPS) is 16.4. The van der Waals surface area contributed by atoms with Gasteiger partial charge in [0.15, 0.2) is 0 Å². The van der Waals surface area contributed by atoms with Gasteiger partial charge in [-0.2, -0.15) is 0 Å². The average molecular weight is 390 g/mol. The van der Waals surface area contributed by atoms with Gasteiger partial charge in [-0.25, -0.2) is 4.98 Å². The second-order valence-electron chi connectivity index (χ2n) is 8.56. The van der Waals surface area contributed by atoms with Gasteiger partial charge >= 0.3 is 0 Å². The minimum absolute atomic E-state index is 0.0153.